The highest BCUT2D eigenvalue weighted by atomic mass is 19.1. The molecule has 1 N–H and O–H groups in total. The molecule has 128 valence electrons. The Hall–Kier alpha value is -2.37. The molecule has 0 radical (unpaired) electrons. The molecule has 2 aromatic rings. The minimum atomic E-state index is -0.334. The number of amides is 1. The van der Waals surface area contributed by atoms with E-state index < -0.39 is 0 Å². The van der Waals surface area contributed by atoms with Crippen LogP contribution < -0.4 is 10.1 Å². The predicted octanol–water partition coefficient (Wildman–Crippen LogP) is 3.42. The third-order valence-corrected chi connectivity index (χ3v) is 4.08. The number of nitrogens with one attached hydrogen (secondary N) is 1. The zero-order valence-electron chi connectivity index (χ0n) is 14.2. The maximum atomic E-state index is 13.6. The first kappa shape index (κ1) is 16.5. The fraction of sp³-hybridized carbons (Fsp3) is 0.444. The van der Waals surface area contributed by atoms with Crippen molar-refractivity contribution in [3.05, 3.63) is 47.5 Å². The van der Waals surface area contributed by atoms with Crippen molar-refractivity contribution in [1.82, 2.24) is 15.1 Å². The molecule has 3 rings (SSSR count). The highest BCUT2D eigenvalue weighted by Gasteiger charge is 2.24. The third kappa shape index (κ3) is 3.42. The monoisotopic (exact) mass is 331 g/mol. The number of carbonyl (C=O) groups excluding carboxylic acids is 1. The lowest BCUT2D eigenvalue weighted by Gasteiger charge is -2.19. The van der Waals surface area contributed by atoms with Gasteiger partial charge in [0.2, 0.25) is 0 Å². The molecule has 1 aromatic carbocycles. The van der Waals surface area contributed by atoms with Crippen LogP contribution >= 0.6 is 0 Å². The zero-order valence-corrected chi connectivity index (χ0v) is 14.2. The Kier molecular flexibility index (Phi) is 4.30. The van der Waals surface area contributed by atoms with Crippen LogP contribution in [0.1, 0.15) is 55.6 Å². The van der Waals surface area contributed by atoms with E-state index in [1.807, 2.05) is 20.8 Å². The van der Waals surface area contributed by atoms with Gasteiger partial charge in [-0.05, 0) is 51.8 Å². The predicted molar refractivity (Wildman–Crippen MR) is 88.6 cm³/mol. The van der Waals surface area contributed by atoms with Crippen LogP contribution in [-0.2, 0) is 5.54 Å². The molecule has 1 amide bonds. The average Bonchev–Trinajstić information content (AvgIpc) is 2.94. The summed E-state index contributed by atoms with van der Waals surface area (Å²) in [7, 11) is 0. The number of benzene rings is 1. The maximum Gasteiger partial charge on any atom is 0.254 e. The molecule has 0 spiro atoms. The molecule has 0 saturated heterocycles. The van der Waals surface area contributed by atoms with E-state index in [0.29, 0.717) is 29.9 Å². The molecular weight excluding hydrogens is 309 g/mol. The van der Waals surface area contributed by atoms with E-state index >= 15 is 0 Å². The van der Waals surface area contributed by atoms with Crippen molar-refractivity contribution in [2.75, 3.05) is 6.61 Å². The Balaban J connectivity index is 1.82. The van der Waals surface area contributed by atoms with Crippen LogP contribution in [0.5, 0.6) is 5.75 Å². The summed E-state index contributed by atoms with van der Waals surface area (Å²) in [5.41, 5.74) is 0.988. The molecule has 1 aliphatic rings. The molecule has 6 heteroatoms. The van der Waals surface area contributed by atoms with Gasteiger partial charge in [0.1, 0.15) is 11.6 Å². The van der Waals surface area contributed by atoms with Crippen LogP contribution in [0.2, 0.25) is 0 Å². The number of halogens is 1. The van der Waals surface area contributed by atoms with Crippen molar-refractivity contribution in [3.8, 4) is 5.75 Å². The standard InChI is InChI=1S/C18H22FN3O2/c1-18(2,3)22-11-12(10-20-22)17(23)21-15-5-4-8-24-16-7-6-13(19)9-14(15)16/h6-7,9-11,15H,4-5,8H2,1-3H3,(H,21,23)/t15-/m1/s1. The Morgan fingerprint density at radius 3 is 2.92 bits per heavy atom. The fourth-order valence-corrected chi connectivity index (χ4v) is 2.75. The second-order valence-electron chi connectivity index (χ2n) is 7.04. The van der Waals surface area contributed by atoms with Crippen LogP contribution in [0.3, 0.4) is 0 Å². The smallest absolute Gasteiger partial charge is 0.254 e. The molecule has 1 aromatic heterocycles. The Bertz CT molecular complexity index is 749. The molecule has 5 nitrogen and oxygen atoms in total. The molecule has 0 unspecified atom stereocenters. The van der Waals surface area contributed by atoms with E-state index in [0.717, 1.165) is 6.42 Å². The lowest BCUT2D eigenvalue weighted by molar-refractivity contribution is 0.0934. The second-order valence-corrected chi connectivity index (χ2v) is 7.04. The summed E-state index contributed by atoms with van der Waals surface area (Å²) < 4.78 is 21.0. The summed E-state index contributed by atoms with van der Waals surface area (Å²) in [6.07, 6.45) is 4.79. The Morgan fingerprint density at radius 1 is 1.42 bits per heavy atom. The fourth-order valence-electron chi connectivity index (χ4n) is 2.75. The average molecular weight is 331 g/mol. The van der Waals surface area contributed by atoms with Crippen LogP contribution in [0, 0.1) is 5.82 Å². The van der Waals surface area contributed by atoms with Gasteiger partial charge in [-0.15, -0.1) is 0 Å². The first-order valence-corrected chi connectivity index (χ1v) is 8.13. The molecule has 24 heavy (non-hydrogen) atoms. The lowest BCUT2D eigenvalue weighted by atomic mass is 10.0. The molecule has 0 aliphatic carbocycles. The number of nitrogens with zero attached hydrogens (tertiary/aromatic N) is 2. The Morgan fingerprint density at radius 2 is 2.21 bits per heavy atom. The van der Waals surface area contributed by atoms with E-state index in [1.54, 1.807) is 23.1 Å². The molecule has 1 aliphatic heterocycles. The van der Waals surface area contributed by atoms with Gasteiger partial charge in [0.25, 0.3) is 5.91 Å². The van der Waals surface area contributed by atoms with Crippen molar-refractivity contribution in [3.63, 3.8) is 0 Å². The third-order valence-electron chi connectivity index (χ3n) is 4.08. The minimum absolute atomic E-state index is 0.190. The summed E-state index contributed by atoms with van der Waals surface area (Å²) >= 11 is 0. The highest BCUT2D eigenvalue weighted by molar-refractivity contribution is 5.94. The van der Waals surface area contributed by atoms with E-state index in [-0.39, 0.29) is 23.3 Å². The molecule has 0 saturated carbocycles. The van der Waals surface area contributed by atoms with Gasteiger partial charge in [-0.1, -0.05) is 0 Å². The lowest BCUT2D eigenvalue weighted by Crippen LogP contribution is -2.28. The second kappa shape index (κ2) is 6.26. The Labute approximate surface area is 140 Å². The van der Waals surface area contributed by atoms with Crippen molar-refractivity contribution in [1.29, 1.82) is 0 Å². The summed E-state index contributed by atoms with van der Waals surface area (Å²) in [6, 6.07) is 4.15. The topological polar surface area (TPSA) is 56.2 Å². The van der Waals surface area contributed by atoms with Gasteiger partial charge in [-0.2, -0.15) is 5.10 Å². The van der Waals surface area contributed by atoms with Gasteiger partial charge in [-0.3, -0.25) is 9.48 Å². The first-order chi connectivity index (χ1) is 11.3. The molecule has 0 fully saturated rings. The minimum Gasteiger partial charge on any atom is -0.493 e. The number of ether oxygens (including phenoxy) is 1. The summed E-state index contributed by atoms with van der Waals surface area (Å²) in [5.74, 6) is 0.0799. The number of fused-ring (bicyclic) bond motifs is 1. The first-order valence-electron chi connectivity index (χ1n) is 8.13. The molecule has 2 heterocycles. The van der Waals surface area contributed by atoms with E-state index in [9.17, 15) is 9.18 Å². The number of hydrogen-bond donors (Lipinski definition) is 1. The molecule has 1 atom stereocenters. The summed E-state index contributed by atoms with van der Waals surface area (Å²) in [6.45, 7) is 6.61. The van der Waals surface area contributed by atoms with Crippen molar-refractivity contribution in [2.45, 2.75) is 45.2 Å². The number of rotatable bonds is 2. The van der Waals surface area contributed by atoms with E-state index in [1.165, 1.54) is 12.1 Å². The van der Waals surface area contributed by atoms with Crippen LogP contribution in [0.25, 0.3) is 0 Å². The van der Waals surface area contributed by atoms with Crippen LogP contribution in [0.15, 0.2) is 30.6 Å². The van der Waals surface area contributed by atoms with Crippen LogP contribution in [-0.4, -0.2) is 22.3 Å². The largest absolute Gasteiger partial charge is 0.493 e. The number of hydrogen-bond acceptors (Lipinski definition) is 3. The number of aromatic nitrogens is 2. The van der Waals surface area contributed by atoms with Crippen molar-refractivity contribution >= 4 is 5.91 Å². The number of carbonyl (C=O) groups is 1. The van der Waals surface area contributed by atoms with Crippen molar-refractivity contribution < 1.29 is 13.9 Å². The SMILES string of the molecule is CC(C)(C)n1cc(C(=O)N[C@@H]2CCCOc3ccc(F)cc32)cn1. The normalized spacial score (nSPS) is 17.6. The van der Waals surface area contributed by atoms with Gasteiger partial charge in [0, 0.05) is 11.8 Å². The quantitative estimate of drug-likeness (QED) is 0.917. The summed E-state index contributed by atoms with van der Waals surface area (Å²) in [5, 5.41) is 7.23. The zero-order chi connectivity index (χ0) is 17.3. The summed E-state index contributed by atoms with van der Waals surface area (Å²) in [4.78, 5) is 12.6. The van der Waals surface area contributed by atoms with Gasteiger partial charge in [0.05, 0.1) is 29.9 Å². The molecular formula is C18H22FN3O2. The van der Waals surface area contributed by atoms with Crippen molar-refractivity contribution in [2.24, 2.45) is 0 Å². The van der Waals surface area contributed by atoms with Crippen LogP contribution in [0.4, 0.5) is 4.39 Å². The maximum absolute atomic E-state index is 13.6. The van der Waals surface area contributed by atoms with E-state index in [2.05, 4.69) is 10.4 Å². The van der Waals surface area contributed by atoms with E-state index in [4.69, 9.17) is 4.74 Å². The van der Waals surface area contributed by atoms with Gasteiger partial charge in [-0.25, -0.2) is 4.39 Å². The molecule has 0 bridgehead atoms. The van der Waals surface area contributed by atoms with Gasteiger partial charge >= 0.3 is 0 Å². The highest BCUT2D eigenvalue weighted by Crippen LogP contribution is 2.32. The van der Waals surface area contributed by atoms with Gasteiger partial charge < -0.3 is 10.1 Å². The van der Waals surface area contributed by atoms with Gasteiger partial charge in [0.15, 0.2) is 0 Å².